The van der Waals surface area contributed by atoms with Gasteiger partial charge in [-0.15, -0.1) is 11.3 Å². The van der Waals surface area contributed by atoms with Crippen molar-refractivity contribution in [2.24, 2.45) is 0 Å². The van der Waals surface area contributed by atoms with E-state index in [2.05, 4.69) is 25.6 Å². The van der Waals surface area contributed by atoms with Crippen molar-refractivity contribution in [1.29, 1.82) is 0 Å². The van der Waals surface area contributed by atoms with Crippen LogP contribution in [-0.2, 0) is 11.2 Å². The maximum atomic E-state index is 12.9. The molecule has 1 fully saturated rings. The topological polar surface area (TPSA) is 103 Å². The first-order chi connectivity index (χ1) is 15.2. The predicted molar refractivity (Wildman–Crippen MR) is 119 cm³/mol. The monoisotopic (exact) mass is 432 g/mol. The highest BCUT2D eigenvalue weighted by molar-refractivity contribution is 7.14. The second kappa shape index (κ2) is 8.19. The summed E-state index contributed by atoms with van der Waals surface area (Å²) in [5.74, 6) is -0.138. The van der Waals surface area contributed by atoms with Crippen LogP contribution in [0.4, 0.5) is 9.93 Å². The lowest BCUT2D eigenvalue weighted by molar-refractivity contribution is -0.121. The van der Waals surface area contributed by atoms with Crippen LogP contribution in [0.1, 0.15) is 22.9 Å². The first-order valence-electron chi connectivity index (χ1n) is 9.94. The number of imidazole rings is 1. The second-order valence-corrected chi connectivity index (χ2v) is 8.11. The molecule has 5 rings (SSSR count). The number of thiazole rings is 1. The second-order valence-electron chi connectivity index (χ2n) is 7.27. The molecule has 0 saturated carbocycles. The van der Waals surface area contributed by atoms with E-state index in [4.69, 9.17) is 0 Å². The third-order valence-electron chi connectivity index (χ3n) is 5.18. The lowest BCUT2D eigenvalue weighted by atomic mass is 9.98. The minimum absolute atomic E-state index is 0.138. The van der Waals surface area contributed by atoms with Gasteiger partial charge in [-0.1, -0.05) is 36.4 Å². The summed E-state index contributed by atoms with van der Waals surface area (Å²) in [6.07, 6.45) is 1.80. The van der Waals surface area contributed by atoms with Gasteiger partial charge < -0.3 is 15.6 Å². The number of rotatable bonds is 6. The summed E-state index contributed by atoms with van der Waals surface area (Å²) in [6.45, 7) is 1.19. The summed E-state index contributed by atoms with van der Waals surface area (Å²) >= 11 is 1.37. The Bertz CT molecular complexity index is 1240. The van der Waals surface area contributed by atoms with Crippen molar-refractivity contribution in [3.05, 3.63) is 77.1 Å². The smallest absolute Gasteiger partial charge is 0.323 e. The zero-order valence-corrected chi connectivity index (χ0v) is 17.4. The molecule has 2 aromatic heterocycles. The Balaban J connectivity index is 1.36. The first-order valence-corrected chi connectivity index (χ1v) is 10.8. The highest BCUT2D eigenvalue weighted by atomic mass is 32.1. The summed E-state index contributed by atoms with van der Waals surface area (Å²) in [5.41, 5.74) is 4.39. The van der Waals surface area contributed by atoms with Crippen molar-refractivity contribution in [3.8, 4) is 0 Å². The van der Waals surface area contributed by atoms with Crippen molar-refractivity contribution in [1.82, 2.24) is 25.6 Å². The zero-order valence-electron chi connectivity index (χ0n) is 16.5. The van der Waals surface area contributed by atoms with Crippen LogP contribution < -0.4 is 15.5 Å². The lowest BCUT2D eigenvalue weighted by Crippen LogP contribution is -2.31. The maximum absolute atomic E-state index is 12.9. The number of carbonyl (C=O) groups is 2. The molecule has 1 unspecified atom stereocenters. The average Bonchev–Trinajstić information content (AvgIpc) is 3.53. The van der Waals surface area contributed by atoms with Crippen LogP contribution in [0.2, 0.25) is 0 Å². The number of amides is 3. The molecule has 0 aliphatic carbocycles. The molecule has 2 aromatic carbocycles. The molecule has 0 spiro atoms. The Hall–Kier alpha value is -3.72. The Kier molecular flexibility index (Phi) is 5.09. The van der Waals surface area contributed by atoms with Gasteiger partial charge in [0.2, 0.25) is 5.91 Å². The number of nitrogens with one attached hydrogen (secondary N) is 3. The largest absolute Gasteiger partial charge is 0.345 e. The van der Waals surface area contributed by atoms with E-state index < -0.39 is 0 Å². The SMILES string of the molecule is O=C(Cc1csc(N2CCNC2=O)n1)NC(c1ccccc1)c1ccc2nc[nH]c2c1. The van der Waals surface area contributed by atoms with Crippen LogP contribution in [0.15, 0.2) is 60.2 Å². The van der Waals surface area contributed by atoms with Crippen molar-refractivity contribution >= 4 is 39.4 Å². The van der Waals surface area contributed by atoms with E-state index in [0.29, 0.717) is 23.9 Å². The van der Waals surface area contributed by atoms with E-state index in [1.807, 2.05) is 53.9 Å². The first kappa shape index (κ1) is 19.3. The Labute approximate surface area is 182 Å². The molecule has 4 aromatic rings. The number of fused-ring (bicyclic) bond motifs is 1. The molecule has 8 nitrogen and oxygen atoms in total. The molecule has 3 N–H and O–H groups in total. The number of hydrogen-bond acceptors (Lipinski definition) is 5. The van der Waals surface area contributed by atoms with Gasteiger partial charge in [0.25, 0.3) is 0 Å². The molecule has 1 aliphatic heterocycles. The quantitative estimate of drug-likeness (QED) is 0.436. The van der Waals surface area contributed by atoms with Crippen molar-refractivity contribution in [3.63, 3.8) is 0 Å². The zero-order chi connectivity index (χ0) is 21.2. The van der Waals surface area contributed by atoms with Crippen LogP contribution in [0.5, 0.6) is 0 Å². The van der Waals surface area contributed by atoms with E-state index in [1.165, 1.54) is 11.3 Å². The Morgan fingerprint density at radius 1 is 1.19 bits per heavy atom. The summed E-state index contributed by atoms with van der Waals surface area (Å²) in [4.78, 5) is 38.2. The standard InChI is InChI=1S/C22H20N6O2S/c29-19(11-16-12-31-22(26-16)28-9-8-23-21(28)30)27-20(14-4-2-1-3-5-14)15-6-7-17-18(10-15)25-13-24-17/h1-7,10,12-13,20H,8-9,11H2,(H,23,30)(H,24,25)(H,27,29). The number of urea groups is 1. The van der Waals surface area contributed by atoms with Gasteiger partial charge >= 0.3 is 6.03 Å². The fourth-order valence-corrected chi connectivity index (χ4v) is 4.52. The molecule has 31 heavy (non-hydrogen) atoms. The van der Waals surface area contributed by atoms with Crippen LogP contribution in [0, 0.1) is 0 Å². The number of aromatic amines is 1. The van der Waals surface area contributed by atoms with E-state index in [0.717, 1.165) is 22.2 Å². The molecule has 1 saturated heterocycles. The summed E-state index contributed by atoms with van der Waals surface area (Å²) in [7, 11) is 0. The van der Waals surface area contributed by atoms with Crippen LogP contribution in [0.3, 0.4) is 0 Å². The van der Waals surface area contributed by atoms with Gasteiger partial charge in [0.05, 0.1) is 35.5 Å². The van der Waals surface area contributed by atoms with Gasteiger partial charge in [-0.2, -0.15) is 0 Å². The maximum Gasteiger partial charge on any atom is 0.323 e. The number of aromatic nitrogens is 3. The fraction of sp³-hybridized carbons (Fsp3) is 0.182. The van der Waals surface area contributed by atoms with Gasteiger partial charge in [-0.05, 0) is 23.3 Å². The Morgan fingerprint density at radius 2 is 2.06 bits per heavy atom. The molecular formula is C22H20N6O2S. The van der Waals surface area contributed by atoms with Crippen LogP contribution in [0.25, 0.3) is 11.0 Å². The number of nitrogens with zero attached hydrogens (tertiary/aromatic N) is 3. The minimum Gasteiger partial charge on any atom is -0.345 e. The highest BCUT2D eigenvalue weighted by Crippen LogP contribution is 2.26. The third-order valence-corrected chi connectivity index (χ3v) is 6.10. The molecule has 9 heteroatoms. The highest BCUT2D eigenvalue weighted by Gasteiger charge is 2.24. The molecule has 1 atom stereocenters. The number of hydrogen-bond donors (Lipinski definition) is 3. The summed E-state index contributed by atoms with van der Waals surface area (Å²) < 4.78 is 0. The van der Waals surface area contributed by atoms with Crippen molar-refractivity contribution in [2.75, 3.05) is 18.0 Å². The molecule has 1 aliphatic rings. The fourth-order valence-electron chi connectivity index (χ4n) is 3.67. The van der Waals surface area contributed by atoms with Crippen LogP contribution in [-0.4, -0.2) is 40.0 Å². The van der Waals surface area contributed by atoms with E-state index in [9.17, 15) is 9.59 Å². The van der Waals surface area contributed by atoms with E-state index in [1.54, 1.807) is 11.2 Å². The number of H-pyrrole nitrogens is 1. The molecule has 3 amide bonds. The van der Waals surface area contributed by atoms with Gasteiger partial charge in [-0.3, -0.25) is 9.69 Å². The normalized spacial score (nSPS) is 14.6. The molecule has 3 heterocycles. The van der Waals surface area contributed by atoms with Gasteiger partial charge in [0.1, 0.15) is 0 Å². The molecule has 0 radical (unpaired) electrons. The third kappa shape index (κ3) is 3.99. The molecule has 156 valence electrons. The van der Waals surface area contributed by atoms with Crippen LogP contribution >= 0.6 is 11.3 Å². The van der Waals surface area contributed by atoms with E-state index >= 15 is 0 Å². The number of anilines is 1. The van der Waals surface area contributed by atoms with Gasteiger partial charge in [-0.25, -0.2) is 14.8 Å². The lowest BCUT2D eigenvalue weighted by Gasteiger charge is -2.20. The van der Waals surface area contributed by atoms with Crippen molar-refractivity contribution in [2.45, 2.75) is 12.5 Å². The molecule has 0 bridgehead atoms. The summed E-state index contributed by atoms with van der Waals surface area (Å²) in [6, 6.07) is 15.3. The van der Waals surface area contributed by atoms with Gasteiger partial charge in [0, 0.05) is 18.5 Å². The van der Waals surface area contributed by atoms with Crippen molar-refractivity contribution < 1.29 is 9.59 Å². The molecular weight excluding hydrogens is 412 g/mol. The number of benzene rings is 2. The van der Waals surface area contributed by atoms with Gasteiger partial charge in [0.15, 0.2) is 5.13 Å². The average molecular weight is 433 g/mol. The van der Waals surface area contributed by atoms with E-state index in [-0.39, 0.29) is 24.4 Å². The summed E-state index contributed by atoms with van der Waals surface area (Å²) in [5, 5.41) is 8.34. The number of carbonyl (C=O) groups excluding carboxylic acids is 2. The minimum atomic E-state index is -0.302. The Morgan fingerprint density at radius 3 is 2.87 bits per heavy atom. The predicted octanol–water partition coefficient (Wildman–Crippen LogP) is 3.00.